The van der Waals surface area contributed by atoms with Crippen molar-refractivity contribution >= 4 is 22.8 Å². The minimum absolute atomic E-state index is 0.00755. The molecular formula is C11H17N3O. The summed E-state index contributed by atoms with van der Waals surface area (Å²) in [6.45, 7) is 2.03. The summed E-state index contributed by atoms with van der Waals surface area (Å²) in [6.07, 6.45) is 2.30. The Morgan fingerprint density at radius 1 is 1.20 bits per heavy atom. The van der Waals surface area contributed by atoms with E-state index in [1.807, 2.05) is 6.92 Å². The van der Waals surface area contributed by atoms with Crippen LogP contribution in [0.25, 0.3) is 0 Å². The molecule has 0 fully saturated rings. The van der Waals surface area contributed by atoms with Crippen molar-refractivity contribution in [1.29, 1.82) is 0 Å². The molecule has 1 aromatic carbocycles. The van der Waals surface area contributed by atoms with E-state index in [-0.39, 0.29) is 5.78 Å². The van der Waals surface area contributed by atoms with Crippen molar-refractivity contribution < 1.29 is 4.79 Å². The zero-order chi connectivity index (χ0) is 11.4. The molecule has 0 saturated heterocycles. The molecule has 4 nitrogen and oxygen atoms in total. The molecule has 0 aliphatic rings. The zero-order valence-electron chi connectivity index (χ0n) is 8.92. The summed E-state index contributed by atoms with van der Waals surface area (Å²) in [5.74, 6) is -0.00755. The maximum absolute atomic E-state index is 11.8. The number of unbranched alkanes of at least 4 members (excludes halogenated alkanes) is 1. The molecule has 0 aliphatic carbocycles. The average Bonchev–Trinajstić information content (AvgIpc) is 2.12. The fourth-order valence-corrected chi connectivity index (χ4v) is 1.50. The fraction of sp³-hybridized carbons (Fsp3) is 0.364. The Morgan fingerprint density at radius 2 is 1.73 bits per heavy atom. The summed E-state index contributed by atoms with van der Waals surface area (Å²) < 4.78 is 0. The third-order valence-electron chi connectivity index (χ3n) is 2.26. The first-order valence-electron chi connectivity index (χ1n) is 5.04. The Morgan fingerprint density at radius 3 is 2.20 bits per heavy atom. The summed E-state index contributed by atoms with van der Waals surface area (Å²) in [4.78, 5) is 11.8. The van der Waals surface area contributed by atoms with E-state index in [0.717, 1.165) is 12.8 Å². The van der Waals surface area contributed by atoms with Gasteiger partial charge in [-0.1, -0.05) is 13.3 Å². The maximum atomic E-state index is 11.8. The predicted molar refractivity (Wildman–Crippen MR) is 63.5 cm³/mol. The minimum Gasteiger partial charge on any atom is -0.399 e. The molecule has 0 heterocycles. The van der Waals surface area contributed by atoms with E-state index in [4.69, 9.17) is 17.2 Å². The molecule has 1 aromatic rings. The normalized spacial score (nSPS) is 10.2. The first-order chi connectivity index (χ1) is 7.06. The molecule has 0 spiro atoms. The third-order valence-corrected chi connectivity index (χ3v) is 2.26. The van der Waals surface area contributed by atoms with Gasteiger partial charge in [0, 0.05) is 23.5 Å². The van der Waals surface area contributed by atoms with Crippen LogP contribution in [0.2, 0.25) is 0 Å². The molecule has 15 heavy (non-hydrogen) atoms. The van der Waals surface area contributed by atoms with Gasteiger partial charge in [-0.2, -0.15) is 0 Å². The van der Waals surface area contributed by atoms with Crippen LogP contribution >= 0.6 is 0 Å². The second-order valence-electron chi connectivity index (χ2n) is 3.60. The van der Waals surface area contributed by atoms with Crippen LogP contribution in [-0.4, -0.2) is 5.78 Å². The van der Waals surface area contributed by atoms with Gasteiger partial charge in [-0.15, -0.1) is 0 Å². The highest BCUT2D eigenvalue weighted by molar-refractivity contribution is 6.06. The molecule has 1 rings (SSSR count). The summed E-state index contributed by atoms with van der Waals surface area (Å²) >= 11 is 0. The van der Waals surface area contributed by atoms with Crippen molar-refractivity contribution in [2.24, 2.45) is 0 Å². The van der Waals surface area contributed by atoms with Crippen molar-refractivity contribution in [3.8, 4) is 0 Å². The summed E-state index contributed by atoms with van der Waals surface area (Å²) in [5, 5.41) is 0. The molecule has 6 N–H and O–H groups in total. The van der Waals surface area contributed by atoms with Gasteiger partial charge in [0.1, 0.15) is 0 Å². The second kappa shape index (κ2) is 4.68. The first-order valence-corrected chi connectivity index (χ1v) is 5.04. The first kappa shape index (κ1) is 11.4. The number of ketones is 1. The molecule has 0 radical (unpaired) electrons. The van der Waals surface area contributed by atoms with Gasteiger partial charge in [0.15, 0.2) is 5.78 Å². The second-order valence-corrected chi connectivity index (χ2v) is 3.60. The molecule has 0 unspecified atom stereocenters. The van der Waals surface area contributed by atoms with Crippen LogP contribution in [0.4, 0.5) is 17.1 Å². The highest BCUT2D eigenvalue weighted by atomic mass is 16.1. The quantitative estimate of drug-likeness (QED) is 0.518. The maximum Gasteiger partial charge on any atom is 0.167 e. The number of Topliss-reactive ketones (excluding diaryl/α,β-unsaturated/α-hetero) is 1. The van der Waals surface area contributed by atoms with Crippen LogP contribution in [0.5, 0.6) is 0 Å². The lowest BCUT2D eigenvalue weighted by atomic mass is 10.0. The van der Waals surface area contributed by atoms with E-state index in [0.29, 0.717) is 29.0 Å². The Labute approximate surface area is 89.4 Å². The topological polar surface area (TPSA) is 95.1 Å². The molecule has 0 saturated carbocycles. The van der Waals surface area contributed by atoms with E-state index >= 15 is 0 Å². The Bertz CT molecular complexity index is 351. The highest BCUT2D eigenvalue weighted by Crippen LogP contribution is 2.25. The lowest BCUT2D eigenvalue weighted by Gasteiger charge is -2.09. The van der Waals surface area contributed by atoms with Crippen LogP contribution in [0.3, 0.4) is 0 Å². The smallest absolute Gasteiger partial charge is 0.167 e. The van der Waals surface area contributed by atoms with Gasteiger partial charge >= 0.3 is 0 Å². The van der Waals surface area contributed by atoms with Gasteiger partial charge in [-0.05, 0) is 18.6 Å². The molecule has 0 aliphatic heterocycles. The SMILES string of the molecule is CCCCC(=O)c1c(N)cc(N)cc1N. The Hall–Kier alpha value is -1.71. The lowest BCUT2D eigenvalue weighted by molar-refractivity contribution is 0.0981. The summed E-state index contributed by atoms with van der Waals surface area (Å²) in [7, 11) is 0. The monoisotopic (exact) mass is 207 g/mol. The molecule has 0 atom stereocenters. The largest absolute Gasteiger partial charge is 0.399 e. The number of nitrogen functional groups attached to an aromatic ring is 3. The van der Waals surface area contributed by atoms with E-state index < -0.39 is 0 Å². The Kier molecular flexibility index (Phi) is 3.55. The zero-order valence-corrected chi connectivity index (χ0v) is 8.92. The molecule has 4 heteroatoms. The predicted octanol–water partition coefficient (Wildman–Crippen LogP) is 1.81. The minimum atomic E-state index is -0.00755. The number of carbonyl (C=O) groups excluding carboxylic acids is 1. The molecule has 82 valence electrons. The van der Waals surface area contributed by atoms with Crippen LogP contribution in [0.1, 0.15) is 36.5 Å². The number of nitrogens with two attached hydrogens (primary N) is 3. The van der Waals surface area contributed by atoms with Crippen molar-refractivity contribution in [3.63, 3.8) is 0 Å². The third kappa shape index (κ3) is 2.62. The van der Waals surface area contributed by atoms with Gasteiger partial charge in [0.2, 0.25) is 0 Å². The Balaban J connectivity index is 2.98. The molecular weight excluding hydrogens is 190 g/mol. The van der Waals surface area contributed by atoms with Gasteiger partial charge in [0.25, 0.3) is 0 Å². The number of benzene rings is 1. The number of hydrogen-bond acceptors (Lipinski definition) is 4. The molecule has 0 amide bonds. The highest BCUT2D eigenvalue weighted by Gasteiger charge is 2.13. The van der Waals surface area contributed by atoms with Crippen molar-refractivity contribution in [2.75, 3.05) is 17.2 Å². The average molecular weight is 207 g/mol. The lowest BCUT2D eigenvalue weighted by Crippen LogP contribution is -2.08. The van der Waals surface area contributed by atoms with Gasteiger partial charge in [-0.3, -0.25) is 4.79 Å². The number of carbonyl (C=O) groups is 1. The molecule has 0 bridgehead atoms. The van der Waals surface area contributed by atoms with Gasteiger partial charge in [0.05, 0.1) is 5.56 Å². The van der Waals surface area contributed by atoms with Crippen LogP contribution in [0.15, 0.2) is 12.1 Å². The van der Waals surface area contributed by atoms with Crippen molar-refractivity contribution in [2.45, 2.75) is 26.2 Å². The fourth-order valence-electron chi connectivity index (χ4n) is 1.50. The van der Waals surface area contributed by atoms with Gasteiger partial charge < -0.3 is 17.2 Å². The summed E-state index contributed by atoms with van der Waals surface area (Å²) in [6, 6.07) is 3.13. The standard InChI is InChI=1S/C11H17N3O/c1-2-3-4-10(15)11-8(13)5-7(12)6-9(11)14/h5-6H,2-4,12-14H2,1H3. The van der Waals surface area contributed by atoms with E-state index in [2.05, 4.69) is 0 Å². The number of hydrogen-bond donors (Lipinski definition) is 3. The molecule has 0 aromatic heterocycles. The van der Waals surface area contributed by atoms with Crippen molar-refractivity contribution in [1.82, 2.24) is 0 Å². The number of anilines is 3. The van der Waals surface area contributed by atoms with E-state index in [1.54, 1.807) is 12.1 Å². The van der Waals surface area contributed by atoms with Gasteiger partial charge in [-0.25, -0.2) is 0 Å². The van der Waals surface area contributed by atoms with E-state index in [1.165, 1.54) is 0 Å². The summed E-state index contributed by atoms with van der Waals surface area (Å²) in [5.41, 5.74) is 18.6. The van der Waals surface area contributed by atoms with Crippen LogP contribution < -0.4 is 17.2 Å². The van der Waals surface area contributed by atoms with Crippen molar-refractivity contribution in [3.05, 3.63) is 17.7 Å². The number of rotatable bonds is 4. The van der Waals surface area contributed by atoms with Crippen LogP contribution in [-0.2, 0) is 0 Å². The van der Waals surface area contributed by atoms with Crippen LogP contribution in [0, 0.1) is 0 Å². The van der Waals surface area contributed by atoms with E-state index in [9.17, 15) is 4.79 Å².